The van der Waals surface area contributed by atoms with Crippen molar-refractivity contribution in [1.29, 1.82) is 0 Å². The normalized spacial score (nSPS) is 12.3. The highest BCUT2D eigenvalue weighted by molar-refractivity contribution is 7.13. The van der Waals surface area contributed by atoms with E-state index in [0.717, 1.165) is 5.69 Å². The van der Waals surface area contributed by atoms with Crippen molar-refractivity contribution in [2.45, 2.75) is 19.4 Å². The molecule has 1 amide bonds. The number of nitrogens with zero attached hydrogens (tertiary/aromatic N) is 4. The van der Waals surface area contributed by atoms with E-state index in [-0.39, 0.29) is 11.9 Å². The van der Waals surface area contributed by atoms with Gasteiger partial charge >= 0.3 is 0 Å². The van der Waals surface area contributed by atoms with Gasteiger partial charge < -0.3 is 5.32 Å². The molecule has 0 aromatic carbocycles. The molecule has 1 N–H and O–H groups in total. The van der Waals surface area contributed by atoms with Crippen LogP contribution in [0, 0.1) is 0 Å². The summed E-state index contributed by atoms with van der Waals surface area (Å²) < 4.78 is 0. The summed E-state index contributed by atoms with van der Waals surface area (Å²) in [6.07, 6.45) is 5.35. The van der Waals surface area contributed by atoms with Crippen LogP contribution in [0.15, 0.2) is 30.2 Å². The summed E-state index contributed by atoms with van der Waals surface area (Å²) in [5, 5.41) is 5.24. The molecule has 0 aliphatic heterocycles. The Labute approximate surface area is 121 Å². The van der Waals surface area contributed by atoms with Gasteiger partial charge in [0.2, 0.25) is 5.91 Å². The highest BCUT2D eigenvalue weighted by atomic mass is 32.1. The van der Waals surface area contributed by atoms with E-state index < -0.39 is 0 Å². The molecule has 106 valence electrons. The van der Waals surface area contributed by atoms with Gasteiger partial charge in [-0.2, -0.15) is 0 Å². The van der Waals surface area contributed by atoms with Gasteiger partial charge in [-0.1, -0.05) is 0 Å². The Morgan fingerprint density at radius 1 is 1.45 bits per heavy atom. The molecule has 0 bridgehead atoms. The van der Waals surface area contributed by atoms with Crippen LogP contribution in [-0.4, -0.2) is 39.4 Å². The largest absolute Gasteiger partial charge is 0.302 e. The van der Waals surface area contributed by atoms with Crippen LogP contribution in [0.1, 0.15) is 25.1 Å². The maximum Gasteiger partial charge on any atom is 0.227 e. The average molecular weight is 291 g/mol. The smallest absolute Gasteiger partial charge is 0.227 e. The third-order valence-corrected chi connectivity index (χ3v) is 3.75. The molecule has 2 rings (SSSR count). The number of aromatic nitrogens is 3. The molecule has 0 unspecified atom stereocenters. The van der Waals surface area contributed by atoms with Crippen LogP contribution >= 0.6 is 11.3 Å². The summed E-state index contributed by atoms with van der Waals surface area (Å²) in [4.78, 5) is 26.0. The van der Waals surface area contributed by atoms with Crippen LogP contribution in [-0.2, 0) is 4.79 Å². The van der Waals surface area contributed by atoms with Crippen LogP contribution in [0.3, 0.4) is 0 Å². The number of anilines is 1. The fourth-order valence-corrected chi connectivity index (χ4v) is 2.26. The number of hydrogen-bond donors (Lipinski definition) is 1. The first kappa shape index (κ1) is 14.5. The van der Waals surface area contributed by atoms with Crippen LogP contribution < -0.4 is 5.32 Å². The Morgan fingerprint density at radius 2 is 2.30 bits per heavy atom. The molecule has 0 aliphatic carbocycles. The van der Waals surface area contributed by atoms with Crippen LogP contribution in [0.4, 0.5) is 5.13 Å². The number of rotatable bonds is 6. The maximum absolute atomic E-state index is 11.8. The predicted molar refractivity (Wildman–Crippen MR) is 78.4 cm³/mol. The number of hydrogen-bond acceptors (Lipinski definition) is 6. The standard InChI is InChI=1S/C13H17N5OS/c1-10(11-3-5-14-9-16-11)18(2)7-4-12(19)17-13-15-6-8-20-13/h3,5-6,8-10H,4,7H2,1-2H3,(H,15,17,19)/t10-/m1/s1. The number of thiazole rings is 1. The lowest BCUT2D eigenvalue weighted by Gasteiger charge is -2.23. The van der Waals surface area contributed by atoms with Gasteiger partial charge in [0.15, 0.2) is 5.13 Å². The molecule has 2 heterocycles. The highest BCUT2D eigenvalue weighted by Gasteiger charge is 2.14. The topological polar surface area (TPSA) is 71.0 Å². The lowest BCUT2D eigenvalue weighted by atomic mass is 10.2. The average Bonchev–Trinajstić information content (AvgIpc) is 2.97. The van der Waals surface area contributed by atoms with Crippen molar-refractivity contribution in [2.75, 3.05) is 18.9 Å². The zero-order valence-corrected chi connectivity index (χ0v) is 12.3. The minimum absolute atomic E-state index is 0.0262. The zero-order chi connectivity index (χ0) is 14.4. The van der Waals surface area contributed by atoms with E-state index >= 15 is 0 Å². The van der Waals surface area contributed by atoms with Crippen molar-refractivity contribution in [3.05, 3.63) is 35.9 Å². The van der Waals surface area contributed by atoms with Crippen molar-refractivity contribution in [3.63, 3.8) is 0 Å². The summed E-state index contributed by atoms with van der Waals surface area (Å²) in [5.41, 5.74) is 0.947. The van der Waals surface area contributed by atoms with E-state index in [2.05, 4.69) is 32.1 Å². The molecule has 0 saturated carbocycles. The fourth-order valence-electron chi connectivity index (χ4n) is 1.71. The number of amides is 1. The third-order valence-electron chi connectivity index (χ3n) is 3.06. The summed E-state index contributed by atoms with van der Waals surface area (Å²) in [6.45, 7) is 2.71. The van der Waals surface area contributed by atoms with E-state index in [9.17, 15) is 4.79 Å². The lowest BCUT2D eigenvalue weighted by molar-refractivity contribution is -0.116. The van der Waals surface area contributed by atoms with Gasteiger partial charge in [-0.15, -0.1) is 11.3 Å². The second-order valence-corrected chi connectivity index (χ2v) is 5.32. The first-order chi connectivity index (χ1) is 9.66. The van der Waals surface area contributed by atoms with Gasteiger partial charge in [-0.05, 0) is 20.0 Å². The molecule has 2 aromatic rings. The van der Waals surface area contributed by atoms with E-state index in [1.807, 2.05) is 18.5 Å². The fraction of sp³-hybridized carbons (Fsp3) is 0.385. The van der Waals surface area contributed by atoms with Crippen LogP contribution in [0.2, 0.25) is 0 Å². The Bertz CT molecular complexity index is 531. The van der Waals surface area contributed by atoms with Gasteiger partial charge in [0.05, 0.1) is 5.69 Å². The summed E-state index contributed by atoms with van der Waals surface area (Å²) in [7, 11) is 1.98. The van der Waals surface area contributed by atoms with Crippen molar-refractivity contribution in [1.82, 2.24) is 19.9 Å². The van der Waals surface area contributed by atoms with Gasteiger partial charge in [0.1, 0.15) is 6.33 Å². The maximum atomic E-state index is 11.8. The summed E-state index contributed by atoms with van der Waals surface area (Å²) in [5.74, 6) is -0.0262. The lowest BCUT2D eigenvalue weighted by Crippen LogP contribution is -2.27. The van der Waals surface area contributed by atoms with Gasteiger partial charge in [-0.3, -0.25) is 9.69 Å². The SMILES string of the molecule is C[C@H](c1ccncn1)N(C)CCC(=O)Nc1nccs1. The number of nitrogens with one attached hydrogen (secondary N) is 1. The summed E-state index contributed by atoms with van der Waals surface area (Å²) in [6, 6.07) is 2.03. The van der Waals surface area contributed by atoms with Crippen molar-refractivity contribution >= 4 is 22.4 Å². The monoisotopic (exact) mass is 291 g/mol. The predicted octanol–water partition coefficient (Wildman–Crippen LogP) is 1.95. The van der Waals surface area contributed by atoms with Gasteiger partial charge in [0, 0.05) is 36.8 Å². The summed E-state index contributed by atoms with van der Waals surface area (Å²) >= 11 is 1.42. The molecular weight excluding hydrogens is 274 g/mol. The molecule has 0 aliphatic rings. The third kappa shape index (κ3) is 4.07. The highest BCUT2D eigenvalue weighted by Crippen LogP contribution is 2.16. The number of carbonyl (C=O) groups excluding carboxylic acids is 1. The van der Waals surface area contributed by atoms with Crippen LogP contribution in [0.25, 0.3) is 0 Å². The Hall–Kier alpha value is -1.86. The molecule has 2 aromatic heterocycles. The number of carbonyl (C=O) groups is 1. The van der Waals surface area contributed by atoms with Crippen molar-refractivity contribution in [3.8, 4) is 0 Å². The molecule has 0 radical (unpaired) electrons. The minimum Gasteiger partial charge on any atom is -0.302 e. The van der Waals surface area contributed by atoms with Gasteiger partial charge in [0.25, 0.3) is 0 Å². The minimum atomic E-state index is -0.0262. The van der Waals surface area contributed by atoms with E-state index in [4.69, 9.17) is 0 Å². The molecule has 6 nitrogen and oxygen atoms in total. The van der Waals surface area contributed by atoms with Gasteiger partial charge in [-0.25, -0.2) is 15.0 Å². The second-order valence-electron chi connectivity index (χ2n) is 4.43. The molecule has 20 heavy (non-hydrogen) atoms. The molecule has 0 fully saturated rings. The molecule has 0 spiro atoms. The van der Waals surface area contributed by atoms with Crippen molar-refractivity contribution < 1.29 is 4.79 Å². The molecular formula is C13H17N5OS. The first-order valence-electron chi connectivity index (χ1n) is 6.32. The van der Waals surface area contributed by atoms with Crippen LogP contribution in [0.5, 0.6) is 0 Å². The Balaban J connectivity index is 1.80. The molecule has 0 saturated heterocycles. The van der Waals surface area contributed by atoms with E-state index in [1.165, 1.54) is 17.7 Å². The van der Waals surface area contributed by atoms with E-state index in [1.54, 1.807) is 12.4 Å². The second kappa shape index (κ2) is 7.06. The Morgan fingerprint density at radius 3 is 2.95 bits per heavy atom. The molecule has 7 heteroatoms. The zero-order valence-electron chi connectivity index (χ0n) is 11.5. The first-order valence-corrected chi connectivity index (χ1v) is 7.20. The quantitative estimate of drug-likeness (QED) is 0.881. The Kier molecular flexibility index (Phi) is 5.14. The van der Waals surface area contributed by atoms with Crippen molar-refractivity contribution in [2.24, 2.45) is 0 Å². The van der Waals surface area contributed by atoms with E-state index in [0.29, 0.717) is 18.1 Å². The molecule has 1 atom stereocenters.